The summed E-state index contributed by atoms with van der Waals surface area (Å²) >= 11 is 0. The van der Waals surface area contributed by atoms with E-state index in [1.165, 1.54) is 20.0 Å². The van der Waals surface area contributed by atoms with Crippen molar-refractivity contribution in [3.8, 4) is 0 Å². The van der Waals surface area contributed by atoms with E-state index in [2.05, 4.69) is 22.3 Å². The molecule has 2 amide bonds. The molecule has 0 radical (unpaired) electrons. The molecule has 0 saturated heterocycles. The van der Waals surface area contributed by atoms with Crippen molar-refractivity contribution in [3.05, 3.63) is 29.8 Å². The van der Waals surface area contributed by atoms with E-state index >= 15 is 0 Å². The van der Waals surface area contributed by atoms with E-state index in [9.17, 15) is 9.59 Å². The Morgan fingerprint density at radius 1 is 1.19 bits per heavy atom. The minimum absolute atomic E-state index is 0.195. The van der Waals surface area contributed by atoms with E-state index in [1.807, 2.05) is 0 Å². The van der Waals surface area contributed by atoms with Crippen LogP contribution in [0.3, 0.4) is 0 Å². The normalized spacial score (nSPS) is 21.4. The van der Waals surface area contributed by atoms with Crippen LogP contribution in [0.5, 0.6) is 0 Å². The van der Waals surface area contributed by atoms with Gasteiger partial charge in [-0.25, -0.2) is 9.59 Å². The summed E-state index contributed by atoms with van der Waals surface area (Å²) in [4.78, 5) is 23.3. The fourth-order valence-electron chi connectivity index (χ4n) is 2.73. The second-order valence-electron chi connectivity index (χ2n) is 5.64. The number of hydrogen-bond donors (Lipinski definition) is 2. The number of carbonyl (C=O) groups excluding carboxylic acids is 2. The lowest BCUT2D eigenvalue weighted by molar-refractivity contribution is 0.0601. The van der Waals surface area contributed by atoms with Crippen molar-refractivity contribution in [2.24, 2.45) is 5.92 Å². The molecule has 0 aliphatic heterocycles. The summed E-state index contributed by atoms with van der Waals surface area (Å²) in [6.07, 6.45) is 4.49. The molecule has 1 fully saturated rings. The second kappa shape index (κ2) is 7.11. The van der Waals surface area contributed by atoms with Crippen molar-refractivity contribution in [3.63, 3.8) is 0 Å². The lowest BCUT2D eigenvalue weighted by Gasteiger charge is -2.27. The SMILES string of the molecule is COC(=O)c1ccc(NC(=O)N[C@H]2CCC[C@H](C)C2)cc1. The van der Waals surface area contributed by atoms with Gasteiger partial charge in [0.05, 0.1) is 12.7 Å². The van der Waals surface area contributed by atoms with Gasteiger partial charge in [0, 0.05) is 11.7 Å². The molecule has 1 aromatic rings. The third kappa shape index (κ3) is 4.48. The number of anilines is 1. The average molecular weight is 290 g/mol. The fraction of sp³-hybridized carbons (Fsp3) is 0.500. The molecule has 0 unspecified atom stereocenters. The summed E-state index contributed by atoms with van der Waals surface area (Å²) in [6.45, 7) is 2.22. The minimum atomic E-state index is -0.387. The van der Waals surface area contributed by atoms with Crippen molar-refractivity contribution in [2.75, 3.05) is 12.4 Å². The van der Waals surface area contributed by atoms with E-state index < -0.39 is 0 Å². The number of methoxy groups -OCH3 is 1. The van der Waals surface area contributed by atoms with Gasteiger partial charge in [-0.1, -0.05) is 19.8 Å². The molecule has 21 heavy (non-hydrogen) atoms. The quantitative estimate of drug-likeness (QED) is 0.840. The van der Waals surface area contributed by atoms with Crippen LogP contribution in [-0.4, -0.2) is 25.2 Å². The number of urea groups is 1. The maximum absolute atomic E-state index is 11.9. The van der Waals surface area contributed by atoms with Crippen molar-refractivity contribution in [1.82, 2.24) is 5.32 Å². The fourth-order valence-corrected chi connectivity index (χ4v) is 2.73. The maximum atomic E-state index is 11.9. The summed E-state index contributed by atoms with van der Waals surface area (Å²) in [5.74, 6) is 0.283. The van der Waals surface area contributed by atoms with Crippen LogP contribution in [0.2, 0.25) is 0 Å². The topological polar surface area (TPSA) is 67.4 Å². The lowest BCUT2D eigenvalue weighted by Crippen LogP contribution is -2.40. The first-order chi connectivity index (χ1) is 10.1. The zero-order valence-electron chi connectivity index (χ0n) is 12.5. The van der Waals surface area contributed by atoms with Gasteiger partial charge in [-0.15, -0.1) is 0 Å². The number of esters is 1. The first-order valence-corrected chi connectivity index (χ1v) is 7.34. The van der Waals surface area contributed by atoms with Gasteiger partial charge in [-0.05, 0) is 43.0 Å². The lowest BCUT2D eigenvalue weighted by atomic mass is 9.87. The molecule has 1 saturated carbocycles. The van der Waals surface area contributed by atoms with E-state index in [0.717, 1.165) is 12.8 Å². The predicted octanol–water partition coefficient (Wildman–Crippen LogP) is 3.17. The van der Waals surface area contributed by atoms with Crippen LogP contribution in [0.15, 0.2) is 24.3 Å². The number of benzene rings is 1. The molecule has 2 N–H and O–H groups in total. The number of carbonyl (C=O) groups is 2. The summed E-state index contributed by atoms with van der Waals surface area (Å²) < 4.78 is 4.63. The first-order valence-electron chi connectivity index (χ1n) is 7.34. The van der Waals surface area contributed by atoms with Crippen molar-refractivity contribution < 1.29 is 14.3 Å². The highest BCUT2D eigenvalue weighted by Crippen LogP contribution is 2.23. The molecule has 2 atom stereocenters. The van der Waals surface area contributed by atoms with Gasteiger partial charge in [0.15, 0.2) is 0 Å². The summed E-state index contributed by atoms with van der Waals surface area (Å²) in [7, 11) is 1.34. The molecule has 0 aromatic heterocycles. The Hall–Kier alpha value is -2.04. The van der Waals surface area contributed by atoms with Crippen molar-refractivity contribution in [1.29, 1.82) is 0 Å². The first kappa shape index (κ1) is 15.4. The summed E-state index contributed by atoms with van der Waals surface area (Å²) in [5, 5.41) is 5.79. The molecule has 1 aliphatic rings. The largest absolute Gasteiger partial charge is 0.465 e. The van der Waals surface area contributed by atoms with E-state index in [-0.39, 0.29) is 18.0 Å². The predicted molar refractivity (Wildman–Crippen MR) is 81.4 cm³/mol. The molecular formula is C16H22N2O3. The van der Waals surface area contributed by atoms with E-state index in [4.69, 9.17) is 0 Å². The Balaban J connectivity index is 1.86. The zero-order chi connectivity index (χ0) is 15.2. The molecule has 5 nitrogen and oxygen atoms in total. The zero-order valence-corrected chi connectivity index (χ0v) is 12.5. The minimum Gasteiger partial charge on any atom is -0.465 e. The Kier molecular flexibility index (Phi) is 5.20. The van der Waals surface area contributed by atoms with Crippen LogP contribution >= 0.6 is 0 Å². The van der Waals surface area contributed by atoms with Crippen LogP contribution < -0.4 is 10.6 Å². The van der Waals surface area contributed by atoms with Gasteiger partial charge < -0.3 is 15.4 Å². The monoisotopic (exact) mass is 290 g/mol. The van der Waals surface area contributed by atoms with Gasteiger partial charge in [0.25, 0.3) is 0 Å². The van der Waals surface area contributed by atoms with E-state index in [1.54, 1.807) is 24.3 Å². The summed E-state index contributed by atoms with van der Waals surface area (Å²) in [6, 6.07) is 6.70. The van der Waals surface area contributed by atoms with Gasteiger partial charge in [0.2, 0.25) is 0 Å². The van der Waals surface area contributed by atoms with Gasteiger partial charge in [-0.3, -0.25) is 0 Å². The standard InChI is InChI=1S/C16H22N2O3/c1-11-4-3-5-14(10-11)18-16(20)17-13-8-6-12(7-9-13)15(19)21-2/h6-9,11,14H,3-5,10H2,1-2H3,(H2,17,18,20)/t11-,14-/m0/s1. The molecule has 114 valence electrons. The molecule has 0 spiro atoms. The molecule has 2 rings (SSSR count). The molecule has 1 aliphatic carbocycles. The number of amides is 2. The Bertz CT molecular complexity index is 499. The molecule has 0 bridgehead atoms. The van der Waals surface area contributed by atoms with Gasteiger partial charge in [0.1, 0.15) is 0 Å². The van der Waals surface area contributed by atoms with Crippen LogP contribution in [0, 0.1) is 5.92 Å². The van der Waals surface area contributed by atoms with Crippen LogP contribution in [0.1, 0.15) is 43.0 Å². The van der Waals surface area contributed by atoms with Gasteiger partial charge >= 0.3 is 12.0 Å². The van der Waals surface area contributed by atoms with Gasteiger partial charge in [-0.2, -0.15) is 0 Å². The third-order valence-corrected chi connectivity index (χ3v) is 3.84. The van der Waals surface area contributed by atoms with E-state index in [0.29, 0.717) is 17.2 Å². The second-order valence-corrected chi connectivity index (χ2v) is 5.64. The number of ether oxygens (including phenoxy) is 1. The molecule has 5 heteroatoms. The number of rotatable bonds is 3. The Labute approximate surface area is 125 Å². The maximum Gasteiger partial charge on any atom is 0.337 e. The third-order valence-electron chi connectivity index (χ3n) is 3.84. The van der Waals surface area contributed by atoms with Crippen molar-refractivity contribution in [2.45, 2.75) is 38.6 Å². The van der Waals surface area contributed by atoms with Crippen LogP contribution in [-0.2, 0) is 4.74 Å². The molecule has 1 aromatic carbocycles. The van der Waals surface area contributed by atoms with Crippen LogP contribution in [0.4, 0.5) is 10.5 Å². The smallest absolute Gasteiger partial charge is 0.337 e. The number of nitrogens with one attached hydrogen (secondary N) is 2. The highest BCUT2D eigenvalue weighted by molar-refractivity contribution is 5.92. The van der Waals surface area contributed by atoms with Crippen LogP contribution in [0.25, 0.3) is 0 Å². The number of hydrogen-bond acceptors (Lipinski definition) is 3. The Morgan fingerprint density at radius 3 is 2.52 bits per heavy atom. The van der Waals surface area contributed by atoms with Crippen molar-refractivity contribution >= 4 is 17.7 Å². The average Bonchev–Trinajstić information content (AvgIpc) is 2.47. The molecule has 0 heterocycles. The highest BCUT2D eigenvalue weighted by Gasteiger charge is 2.20. The highest BCUT2D eigenvalue weighted by atomic mass is 16.5. The molecular weight excluding hydrogens is 268 g/mol. The Morgan fingerprint density at radius 2 is 1.90 bits per heavy atom. The summed E-state index contributed by atoms with van der Waals surface area (Å²) in [5.41, 5.74) is 1.12.